The van der Waals surface area contributed by atoms with Gasteiger partial charge in [0.05, 0.1) is 4.90 Å². The molecule has 0 atom stereocenters. The van der Waals surface area contributed by atoms with Crippen LogP contribution in [0.1, 0.15) is 12.8 Å². The van der Waals surface area contributed by atoms with Gasteiger partial charge < -0.3 is 0 Å². The zero-order chi connectivity index (χ0) is 13.4. The quantitative estimate of drug-likeness (QED) is 0.828. The summed E-state index contributed by atoms with van der Waals surface area (Å²) < 4.78 is 49.3. The molecule has 7 heteroatoms. The second kappa shape index (κ2) is 4.64. The van der Waals surface area contributed by atoms with Gasteiger partial charge in [0.25, 0.3) is 0 Å². The van der Waals surface area contributed by atoms with E-state index in [0.29, 0.717) is 13.1 Å². The van der Waals surface area contributed by atoms with Crippen molar-refractivity contribution in [1.29, 1.82) is 0 Å². The first-order chi connectivity index (χ1) is 8.33. The third kappa shape index (κ3) is 2.43. The molecule has 1 saturated heterocycles. The maximum absolute atomic E-state index is 12.4. The van der Waals surface area contributed by atoms with Gasteiger partial charge in [0.1, 0.15) is 4.90 Å². The van der Waals surface area contributed by atoms with Crippen LogP contribution in [0, 0.1) is 0 Å². The van der Waals surface area contributed by atoms with Crippen molar-refractivity contribution in [2.45, 2.75) is 22.6 Å². The summed E-state index contributed by atoms with van der Waals surface area (Å²) in [6.07, 6.45) is 2.66. The summed E-state index contributed by atoms with van der Waals surface area (Å²) in [5, 5.41) is 0. The second-order valence-corrected chi connectivity index (χ2v) is 8.22. The van der Waals surface area contributed by atoms with Gasteiger partial charge in [0.15, 0.2) is 9.84 Å². The van der Waals surface area contributed by atoms with Crippen LogP contribution in [0.15, 0.2) is 34.1 Å². The molecule has 1 aromatic rings. The highest BCUT2D eigenvalue weighted by Crippen LogP contribution is 2.26. The van der Waals surface area contributed by atoms with Crippen molar-refractivity contribution in [3.63, 3.8) is 0 Å². The molecule has 2 rings (SSSR count). The molecule has 0 aliphatic carbocycles. The van der Waals surface area contributed by atoms with Crippen LogP contribution in [-0.4, -0.2) is 40.5 Å². The zero-order valence-electron chi connectivity index (χ0n) is 10.0. The van der Waals surface area contributed by atoms with Crippen molar-refractivity contribution < 1.29 is 16.8 Å². The van der Waals surface area contributed by atoms with E-state index in [1.165, 1.54) is 28.6 Å². The standard InChI is InChI=1S/C11H15NO4S2/c1-17(13,14)10-6-2-3-7-11(10)18(15,16)12-8-4-5-9-12/h2-3,6-7H,4-5,8-9H2,1H3. The molecule has 0 spiro atoms. The summed E-state index contributed by atoms with van der Waals surface area (Å²) in [6, 6.07) is 5.75. The Hall–Kier alpha value is -0.920. The SMILES string of the molecule is CS(=O)(=O)c1ccccc1S(=O)(=O)N1CCCC1. The largest absolute Gasteiger partial charge is 0.244 e. The number of nitrogens with zero attached hydrogens (tertiary/aromatic N) is 1. The molecule has 0 unspecified atom stereocenters. The first-order valence-corrected chi connectivity index (χ1v) is 8.96. The van der Waals surface area contributed by atoms with Crippen molar-refractivity contribution in [2.24, 2.45) is 0 Å². The van der Waals surface area contributed by atoms with Gasteiger partial charge >= 0.3 is 0 Å². The van der Waals surface area contributed by atoms with E-state index in [1.807, 2.05) is 0 Å². The summed E-state index contributed by atoms with van der Waals surface area (Å²) in [5.41, 5.74) is 0. The van der Waals surface area contributed by atoms with Gasteiger partial charge in [-0.15, -0.1) is 0 Å². The van der Waals surface area contributed by atoms with Gasteiger partial charge in [0.2, 0.25) is 10.0 Å². The lowest BCUT2D eigenvalue weighted by Crippen LogP contribution is -2.29. The number of benzene rings is 1. The van der Waals surface area contributed by atoms with Crippen molar-refractivity contribution in [3.05, 3.63) is 24.3 Å². The van der Waals surface area contributed by atoms with Gasteiger partial charge in [-0.3, -0.25) is 0 Å². The lowest BCUT2D eigenvalue weighted by molar-refractivity contribution is 0.475. The van der Waals surface area contributed by atoms with E-state index in [9.17, 15) is 16.8 Å². The Labute approximate surface area is 107 Å². The monoisotopic (exact) mass is 289 g/mol. The van der Waals surface area contributed by atoms with Crippen molar-refractivity contribution in [3.8, 4) is 0 Å². The molecule has 0 N–H and O–H groups in total. The van der Waals surface area contributed by atoms with Crippen LogP contribution in [-0.2, 0) is 19.9 Å². The number of sulfone groups is 1. The Morgan fingerprint density at radius 3 is 1.94 bits per heavy atom. The second-order valence-electron chi connectivity index (χ2n) is 4.33. The maximum Gasteiger partial charge on any atom is 0.244 e. The van der Waals surface area contributed by atoms with E-state index in [1.54, 1.807) is 0 Å². The highest BCUT2D eigenvalue weighted by atomic mass is 32.2. The van der Waals surface area contributed by atoms with Crippen LogP contribution < -0.4 is 0 Å². The predicted molar refractivity (Wildman–Crippen MR) is 67.5 cm³/mol. The Balaban J connectivity index is 2.58. The molecule has 0 bridgehead atoms. The minimum atomic E-state index is -3.70. The lowest BCUT2D eigenvalue weighted by atomic mass is 10.4. The Morgan fingerprint density at radius 1 is 0.944 bits per heavy atom. The summed E-state index contributed by atoms with van der Waals surface area (Å²) in [4.78, 5) is -0.244. The Bertz CT molecular complexity index is 643. The predicted octanol–water partition coefficient (Wildman–Crippen LogP) is 0.875. The van der Waals surface area contributed by atoms with E-state index < -0.39 is 19.9 Å². The molecule has 1 aromatic carbocycles. The number of rotatable bonds is 3. The number of hydrogen-bond acceptors (Lipinski definition) is 4. The molecule has 0 amide bonds. The zero-order valence-corrected chi connectivity index (χ0v) is 11.7. The molecule has 18 heavy (non-hydrogen) atoms. The lowest BCUT2D eigenvalue weighted by Gasteiger charge is -2.17. The molecule has 5 nitrogen and oxygen atoms in total. The highest BCUT2D eigenvalue weighted by Gasteiger charge is 2.31. The summed E-state index contributed by atoms with van der Waals surface area (Å²) in [7, 11) is -7.25. The van der Waals surface area contributed by atoms with E-state index >= 15 is 0 Å². The van der Waals surface area contributed by atoms with Gasteiger partial charge in [-0.1, -0.05) is 12.1 Å². The molecule has 1 heterocycles. The minimum absolute atomic E-state index is 0.116. The Kier molecular flexibility index (Phi) is 3.48. The summed E-state index contributed by atoms with van der Waals surface area (Å²) >= 11 is 0. The average Bonchev–Trinajstić information content (AvgIpc) is 2.82. The third-order valence-electron chi connectivity index (χ3n) is 2.93. The van der Waals surface area contributed by atoms with Crippen LogP contribution >= 0.6 is 0 Å². The van der Waals surface area contributed by atoms with E-state index in [0.717, 1.165) is 19.1 Å². The molecule has 100 valence electrons. The fraction of sp³-hybridized carbons (Fsp3) is 0.455. The van der Waals surface area contributed by atoms with Crippen LogP contribution in [0.3, 0.4) is 0 Å². The van der Waals surface area contributed by atoms with Gasteiger partial charge in [-0.05, 0) is 25.0 Å². The molecular weight excluding hydrogens is 274 g/mol. The third-order valence-corrected chi connectivity index (χ3v) is 6.17. The van der Waals surface area contributed by atoms with Gasteiger partial charge in [-0.2, -0.15) is 4.31 Å². The highest BCUT2D eigenvalue weighted by molar-refractivity contribution is 7.93. The van der Waals surface area contributed by atoms with Crippen LogP contribution in [0.4, 0.5) is 0 Å². The molecule has 0 radical (unpaired) electrons. The molecule has 0 aromatic heterocycles. The smallest absolute Gasteiger partial charge is 0.224 e. The fourth-order valence-corrected chi connectivity index (χ4v) is 5.16. The maximum atomic E-state index is 12.4. The molecule has 1 aliphatic rings. The first kappa shape index (κ1) is 13.5. The molecule has 1 fully saturated rings. The first-order valence-electron chi connectivity index (χ1n) is 5.63. The van der Waals surface area contributed by atoms with E-state index in [-0.39, 0.29) is 9.79 Å². The van der Waals surface area contributed by atoms with E-state index in [2.05, 4.69) is 0 Å². The van der Waals surface area contributed by atoms with Crippen LogP contribution in [0.5, 0.6) is 0 Å². The van der Waals surface area contributed by atoms with Gasteiger partial charge in [0, 0.05) is 19.3 Å². The fourth-order valence-electron chi connectivity index (χ4n) is 2.04. The van der Waals surface area contributed by atoms with Crippen molar-refractivity contribution in [2.75, 3.05) is 19.3 Å². The molecular formula is C11H15NO4S2. The minimum Gasteiger partial charge on any atom is -0.224 e. The molecule has 0 saturated carbocycles. The van der Waals surface area contributed by atoms with Crippen LogP contribution in [0.2, 0.25) is 0 Å². The van der Waals surface area contributed by atoms with Crippen molar-refractivity contribution >= 4 is 19.9 Å². The van der Waals surface area contributed by atoms with E-state index in [4.69, 9.17) is 0 Å². The normalized spacial score (nSPS) is 18.1. The van der Waals surface area contributed by atoms with Gasteiger partial charge in [-0.25, -0.2) is 16.8 Å². The number of sulfonamides is 1. The molecule has 1 aliphatic heterocycles. The summed E-state index contributed by atoms with van der Waals surface area (Å²) in [6.45, 7) is 0.918. The Morgan fingerprint density at radius 2 is 1.44 bits per heavy atom. The topological polar surface area (TPSA) is 71.5 Å². The van der Waals surface area contributed by atoms with Crippen molar-refractivity contribution in [1.82, 2.24) is 4.31 Å². The number of hydrogen-bond donors (Lipinski definition) is 0. The summed E-state index contributed by atoms with van der Waals surface area (Å²) in [5.74, 6) is 0. The van der Waals surface area contributed by atoms with Crippen LogP contribution in [0.25, 0.3) is 0 Å². The average molecular weight is 289 g/mol.